The summed E-state index contributed by atoms with van der Waals surface area (Å²) in [6.45, 7) is 1.13. The van der Waals surface area contributed by atoms with Gasteiger partial charge in [0.15, 0.2) is 5.82 Å². The molecule has 6 nitrogen and oxygen atoms in total. The molecule has 0 saturated heterocycles. The summed E-state index contributed by atoms with van der Waals surface area (Å²) in [5.74, 6) is 1.33. The van der Waals surface area contributed by atoms with Gasteiger partial charge in [-0.25, -0.2) is 4.39 Å². The molecule has 3 aromatic rings. The number of ether oxygens (including phenoxy) is 1. The van der Waals surface area contributed by atoms with Crippen molar-refractivity contribution < 1.29 is 13.9 Å². The van der Waals surface area contributed by atoms with Crippen molar-refractivity contribution in [1.29, 1.82) is 0 Å². The lowest BCUT2D eigenvalue weighted by Crippen LogP contribution is -2.33. The monoisotopic (exact) mass is 380 g/mol. The highest BCUT2D eigenvalue weighted by Gasteiger charge is 2.31. The van der Waals surface area contributed by atoms with Crippen molar-refractivity contribution in [2.45, 2.75) is 31.8 Å². The molecule has 7 heteroatoms. The average Bonchev–Trinajstić information content (AvgIpc) is 3.17. The van der Waals surface area contributed by atoms with Gasteiger partial charge in [-0.3, -0.25) is 4.79 Å². The van der Waals surface area contributed by atoms with Gasteiger partial charge in [-0.05, 0) is 43.2 Å². The van der Waals surface area contributed by atoms with Crippen LogP contribution in [0.3, 0.4) is 0 Å². The van der Waals surface area contributed by atoms with Crippen molar-refractivity contribution in [3.05, 3.63) is 65.7 Å². The molecule has 2 heterocycles. The molecule has 144 valence electrons. The average molecular weight is 380 g/mol. The molecule has 4 rings (SSSR count). The fraction of sp³-hybridized carbons (Fsp3) is 0.286. The Morgan fingerprint density at radius 1 is 1.21 bits per heavy atom. The Morgan fingerprint density at radius 3 is 2.79 bits per heavy atom. The summed E-state index contributed by atoms with van der Waals surface area (Å²) < 4.78 is 20.5. The van der Waals surface area contributed by atoms with Gasteiger partial charge in [0, 0.05) is 24.2 Å². The Labute approximate surface area is 162 Å². The summed E-state index contributed by atoms with van der Waals surface area (Å²) in [5.41, 5.74) is 1.71. The molecule has 0 spiro atoms. The van der Waals surface area contributed by atoms with Gasteiger partial charge in [-0.2, -0.15) is 0 Å². The second-order valence-corrected chi connectivity index (χ2v) is 6.76. The first kappa shape index (κ1) is 18.2. The molecule has 0 fully saturated rings. The van der Waals surface area contributed by atoms with E-state index in [0.717, 1.165) is 36.3 Å². The van der Waals surface area contributed by atoms with Crippen molar-refractivity contribution in [1.82, 2.24) is 20.1 Å². The fourth-order valence-corrected chi connectivity index (χ4v) is 3.59. The van der Waals surface area contributed by atoms with Gasteiger partial charge in [0.25, 0.3) is 0 Å². The van der Waals surface area contributed by atoms with Gasteiger partial charge in [-0.15, -0.1) is 10.2 Å². The highest BCUT2D eigenvalue weighted by atomic mass is 19.1. The number of nitrogens with zero attached hydrogens (tertiary/aromatic N) is 3. The van der Waals surface area contributed by atoms with Gasteiger partial charge >= 0.3 is 0 Å². The van der Waals surface area contributed by atoms with E-state index >= 15 is 0 Å². The molecule has 0 aliphatic carbocycles. The number of halogens is 1. The van der Waals surface area contributed by atoms with Crippen LogP contribution in [0.5, 0.6) is 5.75 Å². The number of carbonyl (C=O) groups is 1. The van der Waals surface area contributed by atoms with E-state index in [0.29, 0.717) is 18.2 Å². The van der Waals surface area contributed by atoms with Gasteiger partial charge in [0.1, 0.15) is 17.4 Å². The van der Waals surface area contributed by atoms with E-state index in [1.165, 1.54) is 12.1 Å². The standard InChI is InChI=1S/C21H21FN4O2/c1-28-18-7-3-2-5-15(18)13-23-21(27)17-6-4-12-26-19(24-25-20(17)26)14-8-10-16(22)11-9-14/h2-3,5,7-11,17H,4,6,12-13H2,1H3,(H,23,27). The quantitative estimate of drug-likeness (QED) is 0.738. The van der Waals surface area contributed by atoms with E-state index in [4.69, 9.17) is 4.74 Å². The van der Waals surface area contributed by atoms with E-state index in [9.17, 15) is 9.18 Å². The lowest BCUT2D eigenvalue weighted by molar-refractivity contribution is -0.123. The summed E-state index contributed by atoms with van der Waals surface area (Å²) in [5, 5.41) is 11.5. The van der Waals surface area contributed by atoms with Crippen LogP contribution in [0, 0.1) is 5.82 Å². The molecule has 1 atom stereocenters. The number of para-hydroxylation sites is 1. The van der Waals surface area contributed by atoms with Crippen LogP contribution in [-0.4, -0.2) is 27.8 Å². The molecule has 0 bridgehead atoms. The molecule has 28 heavy (non-hydrogen) atoms. The largest absolute Gasteiger partial charge is 0.496 e. The number of rotatable bonds is 5. The minimum Gasteiger partial charge on any atom is -0.496 e. The summed E-state index contributed by atoms with van der Waals surface area (Å²) >= 11 is 0. The smallest absolute Gasteiger partial charge is 0.231 e. The molecule has 1 aromatic heterocycles. The number of hydrogen-bond donors (Lipinski definition) is 1. The Hall–Kier alpha value is -3.22. The molecule has 1 aliphatic rings. The number of aromatic nitrogens is 3. The van der Waals surface area contributed by atoms with Crippen LogP contribution < -0.4 is 10.1 Å². The molecular formula is C21H21FN4O2. The maximum atomic E-state index is 13.2. The lowest BCUT2D eigenvalue weighted by atomic mass is 9.97. The van der Waals surface area contributed by atoms with Crippen LogP contribution in [0.4, 0.5) is 4.39 Å². The van der Waals surface area contributed by atoms with Crippen molar-refractivity contribution in [2.75, 3.05) is 7.11 Å². The predicted octanol–water partition coefficient (Wildman–Crippen LogP) is 3.29. The number of methoxy groups -OCH3 is 1. The van der Waals surface area contributed by atoms with Crippen LogP contribution in [-0.2, 0) is 17.9 Å². The minimum atomic E-state index is -0.356. The molecule has 1 unspecified atom stereocenters. The van der Waals surface area contributed by atoms with Crippen LogP contribution in [0.15, 0.2) is 48.5 Å². The third-order valence-corrected chi connectivity index (χ3v) is 5.03. The van der Waals surface area contributed by atoms with E-state index in [2.05, 4.69) is 15.5 Å². The van der Waals surface area contributed by atoms with Crippen LogP contribution >= 0.6 is 0 Å². The summed E-state index contributed by atoms with van der Waals surface area (Å²) in [4.78, 5) is 12.8. The van der Waals surface area contributed by atoms with Gasteiger partial charge < -0.3 is 14.6 Å². The summed E-state index contributed by atoms with van der Waals surface area (Å²) in [6, 6.07) is 13.8. The van der Waals surface area contributed by atoms with E-state index in [1.54, 1.807) is 19.2 Å². The Kier molecular flexibility index (Phi) is 5.06. The molecule has 2 aromatic carbocycles. The maximum Gasteiger partial charge on any atom is 0.231 e. The zero-order chi connectivity index (χ0) is 19.5. The zero-order valence-corrected chi connectivity index (χ0v) is 15.6. The molecule has 0 saturated carbocycles. The number of amides is 1. The van der Waals surface area contributed by atoms with E-state index in [-0.39, 0.29) is 17.6 Å². The third kappa shape index (κ3) is 3.47. The number of carbonyl (C=O) groups excluding carboxylic acids is 1. The highest BCUT2D eigenvalue weighted by Crippen LogP contribution is 2.30. The molecule has 1 N–H and O–H groups in total. The second kappa shape index (κ2) is 7.80. The van der Waals surface area contributed by atoms with E-state index in [1.807, 2.05) is 28.8 Å². The molecule has 1 amide bonds. The first-order valence-electron chi connectivity index (χ1n) is 9.26. The molecule has 0 radical (unpaired) electrons. The number of hydrogen-bond acceptors (Lipinski definition) is 4. The van der Waals surface area contributed by atoms with Crippen molar-refractivity contribution in [3.63, 3.8) is 0 Å². The predicted molar refractivity (Wildman–Crippen MR) is 102 cm³/mol. The maximum absolute atomic E-state index is 13.2. The zero-order valence-electron chi connectivity index (χ0n) is 15.6. The third-order valence-electron chi connectivity index (χ3n) is 5.03. The Bertz CT molecular complexity index is 984. The number of fused-ring (bicyclic) bond motifs is 1. The summed E-state index contributed by atoms with van der Waals surface area (Å²) in [7, 11) is 1.61. The summed E-state index contributed by atoms with van der Waals surface area (Å²) in [6.07, 6.45) is 1.57. The second-order valence-electron chi connectivity index (χ2n) is 6.76. The Morgan fingerprint density at radius 2 is 2.00 bits per heavy atom. The SMILES string of the molecule is COc1ccccc1CNC(=O)C1CCCn2c(-c3ccc(F)cc3)nnc21. The van der Waals surface area contributed by atoms with Crippen LogP contribution in [0.1, 0.15) is 30.1 Å². The highest BCUT2D eigenvalue weighted by molar-refractivity contribution is 5.83. The minimum absolute atomic E-state index is 0.0788. The number of benzene rings is 2. The van der Waals surface area contributed by atoms with Crippen molar-refractivity contribution >= 4 is 5.91 Å². The van der Waals surface area contributed by atoms with Gasteiger partial charge in [0.05, 0.1) is 13.0 Å². The van der Waals surface area contributed by atoms with E-state index < -0.39 is 0 Å². The number of nitrogens with one attached hydrogen (secondary N) is 1. The first-order chi connectivity index (χ1) is 13.7. The normalized spacial score (nSPS) is 15.7. The van der Waals surface area contributed by atoms with Gasteiger partial charge in [-0.1, -0.05) is 18.2 Å². The molecular weight excluding hydrogens is 359 g/mol. The van der Waals surface area contributed by atoms with Crippen LogP contribution in [0.2, 0.25) is 0 Å². The lowest BCUT2D eigenvalue weighted by Gasteiger charge is -2.23. The van der Waals surface area contributed by atoms with Crippen LogP contribution in [0.25, 0.3) is 11.4 Å². The van der Waals surface area contributed by atoms with Crippen molar-refractivity contribution in [2.24, 2.45) is 0 Å². The Balaban J connectivity index is 1.53. The molecule has 1 aliphatic heterocycles. The fourth-order valence-electron chi connectivity index (χ4n) is 3.59. The topological polar surface area (TPSA) is 69.0 Å². The first-order valence-corrected chi connectivity index (χ1v) is 9.26. The van der Waals surface area contributed by atoms with Gasteiger partial charge in [0.2, 0.25) is 5.91 Å². The van der Waals surface area contributed by atoms with Crippen molar-refractivity contribution in [3.8, 4) is 17.1 Å².